The molecule has 2 N–H and O–H groups in total. The third kappa shape index (κ3) is 1.17. The predicted octanol–water partition coefficient (Wildman–Crippen LogP) is 1.19. The molecule has 50 valence electrons. The Balaban J connectivity index is 3.23. The number of nitriles is 1. The highest BCUT2D eigenvalue weighted by Gasteiger charge is 1.97. The fraction of sp³-hybridized carbons (Fsp3) is 0. The van der Waals surface area contributed by atoms with E-state index < -0.39 is 0 Å². The van der Waals surface area contributed by atoms with Crippen molar-refractivity contribution < 1.29 is 0 Å². The van der Waals surface area contributed by atoms with E-state index in [1.165, 1.54) is 12.1 Å². The van der Waals surface area contributed by atoms with Crippen molar-refractivity contribution in [1.29, 1.82) is 5.26 Å². The number of pyridine rings is 1. The van der Waals surface area contributed by atoms with E-state index >= 15 is 0 Å². The zero-order valence-electron chi connectivity index (χ0n) is 5.00. The van der Waals surface area contributed by atoms with Crippen molar-refractivity contribution in [1.82, 2.24) is 4.98 Å². The third-order valence-electron chi connectivity index (χ3n) is 1.01. The first kappa shape index (κ1) is 6.84. The standard InChI is InChI=1S/C6H4ClN3/c7-5-2-1-4(3-8)6(9)10-5/h1-2H,(H2,9,10). The first-order valence-electron chi connectivity index (χ1n) is 2.56. The van der Waals surface area contributed by atoms with Crippen LogP contribution >= 0.6 is 11.6 Å². The zero-order valence-corrected chi connectivity index (χ0v) is 5.76. The van der Waals surface area contributed by atoms with Gasteiger partial charge in [0.15, 0.2) is 0 Å². The highest BCUT2D eigenvalue weighted by Crippen LogP contribution is 2.11. The van der Waals surface area contributed by atoms with Crippen LogP contribution in [0.3, 0.4) is 0 Å². The van der Waals surface area contributed by atoms with Gasteiger partial charge in [0.2, 0.25) is 0 Å². The van der Waals surface area contributed by atoms with Gasteiger partial charge in [-0.25, -0.2) is 4.98 Å². The number of nitrogen functional groups attached to an aromatic ring is 1. The van der Waals surface area contributed by atoms with E-state index in [0.717, 1.165) is 0 Å². The Kier molecular flexibility index (Phi) is 1.74. The minimum atomic E-state index is 0.176. The highest BCUT2D eigenvalue weighted by atomic mass is 35.5. The molecule has 0 atom stereocenters. The fourth-order valence-corrected chi connectivity index (χ4v) is 0.699. The van der Waals surface area contributed by atoms with Gasteiger partial charge in [0.05, 0.1) is 5.56 Å². The van der Waals surface area contributed by atoms with Crippen LogP contribution in [0.25, 0.3) is 0 Å². The van der Waals surface area contributed by atoms with E-state index in [2.05, 4.69) is 4.98 Å². The van der Waals surface area contributed by atoms with Crippen molar-refractivity contribution in [2.75, 3.05) is 5.73 Å². The van der Waals surface area contributed by atoms with Gasteiger partial charge in [-0.2, -0.15) is 5.26 Å². The highest BCUT2D eigenvalue weighted by molar-refractivity contribution is 6.29. The Labute approximate surface area is 63.1 Å². The number of anilines is 1. The average molecular weight is 154 g/mol. The zero-order chi connectivity index (χ0) is 7.56. The number of halogens is 1. The van der Waals surface area contributed by atoms with E-state index in [4.69, 9.17) is 22.6 Å². The average Bonchev–Trinajstić information content (AvgIpc) is 1.88. The van der Waals surface area contributed by atoms with E-state index in [9.17, 15) is 0 Å². The first-order valence-corrected chi connectivity index (χ1v) is 2.94. The summed E-state index contributed by atoms with van der Waals surface area (Å²) < 4.78 is 0. The molecule has 4 heteroatoms. The molecule has 0 bridgehead atoms. The van der Waals surface area contributed by atoms with Crippen molar-refractivity contribution in [2.45, 2.75) is 0 Å². The molecule has 0 unspecified atom stereocenters. The minimum Gasteiger partial charge on any atom is -0.383 e. The summed E-state index contributed by atoms with van der Waals surface area (Å²) in [6.45, 7) is 0. The van der Waals surface area contributed by atoms with Crippen LogP contribution in [0.2, 0.25) is 5.15 Å². The summed E-state index contributed by atoms with van der Waals surface area (Å²) in [7, 11) is 0. The van der Waals surface area contributed by atoms with Gasteiger partial charge in [-0.15, -0.1) is 0 Å². The molecule has 1 rings (SSSR count). The van der Waals surface area contributed by atoms with Crippen LogP contribution in [0.4, 0.5) is 5.82 Å². The van der Waals surface area contributed by atoms with Crippen molar-refractivity contribution in [2.24, 2.45) is 0 Å². The Morgan fingerprint density at radius 3 is 2.80 bits per heavy atom. The minimum absolute atomic E-state index is 0.176. The molecule has 0 aromatic carbocycles. The molecule has 0 aliphatic rings. The molecule has 1 aromatic heterocycles. The second-order valence-electron chi connectivity index (χ2n) is 1.68. The predicted molar refractivity (Wildman–Crippen MR) is 38.4 cm³/mol. The topological polar surface area (TPSA) is 62.7 Å². The van der Waals surface area contributed by atoms with Crippen LogP contribution in [-0.4, -0.2) is 4.98 Å². The molecule has 0 radical (unpaired) electrons. The van der Waals surface area contributed by atoms with E-state index in [-0.39, 0.29) is 5.82 Å². The van der Waals surface area contributed by atoms with E-state index in [0.29, 0.717) is 10.7 Å². The quantitative estimate of drug-likeness (QED) is 0.570. The molecule has 0 aliphatic carbocycles. The maximum Gasteiger partial charge on any atom is 0.143 e. The number of nitrogens with two attached hydrogens (primary N) is 1. The molecule has 0 spiro atoms. The van der Waals surface area contributed by atoms with Crippen LogP contribution in [-0.2, 0) is 0 Å². The van der Waals surface area contributed by atoms with Gasteiger partial charge in [0, 0.05) is 0 Å². The van der Waals surface area contributed by atoms with Gasteiger partial charge in [-0.1, -0.05) is 11.6 Å². The normalized spacial score (nSPS) is 8.80. The maximum absolute atomic E-state index is 8.40. The third-order valence-corrected chi connectivity index (χ3v) is 1.22. The van der Waals surface area contributed by atoms with Crippen LogP contribution in [0.15, 0.2) is 12.1 Å². The second kappa shape index (κ2) is 2.54. The molecular weight excluding hydrogens is 150 g/mol. The number of hydrogen-bond acceptors (Lipinski definition) is 3. The Morgan fingerprint density at radius 1 is 1.60 bits per heavy atom. The van der Waals surface area contributed by atoms with E-state index in [1.807, 2.05) is 6.07 Å². The summed E-state index contributed by atoms with van der Waals surface area (Å²) >= 11 is 5.47. The molecule has 3 nitrogen and oxygen atoms in total. The second-order valence-corrected chi connectivity index (χ2v) is 2.07. The number of aromatic nitrogens is 1. The van der Waals surface area contributed by atoms with Crippen LogP contribution in [0.1, 0.15) is 5.56 Å². The van der Waals surface area contributed by atoms with Crippen LogP contribution in [0.5, 0.6) is 0 Å². The van der Waals surface area contributed by atoms with Gasteiger partial charge in [-0.3, -0.25) is 0 Å². The lowest BCUT2D eigenvalue weighted by atomic mass is 10.3. The SMILES string of the molecule is N#Cc1ccc(Cl)nc1N. The Hall–Kier alpha value is -1.27. The molecule has 10 heavy (non-hydrogen) atoms. The fourth-order valence-electron chi connectivity index (χ4n) is 0.545. The number of nitrogens with zero attached hydrogens (tertiary/aromatic N) is 2. The lowest BCUT2D eigenvalue weighted by molar-refractivity contribution is 1.31. The molecule has 0 saturated heterocycles. The summed E-state index contributed by atoms with van der Waals surface area (Å²) in [6.07, 6.45) is 0. The Bertz CT molecular complexity index is 290. The van der Waals surface area contributed by atoms with Crippen LogP contribution < -0.4 is 5.73 Å². The summed E-state index contributed by atoms with van der Waals surface area (Å²) in [5.74, 6) is 0.176. The van der Waals surface area contributed by atoms with Gasteiger partial charge in [0.25, 0.3) is 0 Å². The Morgan fingerprint density at radius 2 is 2.30 bits per heavy atom. The molecular formula is C6H4ClN3. The molecule has 0 aliphatic heterocycles. The van der Waals surface area contributed by atoms with Gasteiger partial charge < -0.3 is 5.73 Å². The largest absolute Gasteiger partial charge is 0.383 e. The molecule has 1 heterocycles. The van der Waals surface area contributed by atoms with Crippen LogP contribution in [0, 0.1) is 11.3 Å². The van der Waals surface area contributed by atoms with Crippen molar-refractivity contribution >= 4 is 17.4 Å². The summed E-state index contributed by atoms with van der Waals surface area (Å²) in [5, 5.41) is 8.70. The van der Waals surface area contributed by atoms with E-state index in [1.54, 1.807) is 0 Å². The molecule has 0 amide bonds. The summed E-state index contributed by atoms with van der Waals surface area (Å²) in [6, 6.07) is 4.93. The van der Waals surface area contributed by atoms with Gasteiger partial charge in [0.1, 0.15) is 17.0 Å². The number of hydrogen-bond donors (Lipinski definition) is 1. The maximum atomic E-state index is 8.40. The van der Waals surface area contributed by atoms with Gasteiger partial charge in [-0.05, 0) is 12.1 Å². The summed E-state index contributed by atoms with van der Waals surface area (Å²) in [4.78, 5) is 3.67. The summed E-state index contributed by atoms with van der Waals surface area (Å²) in [5.41, 5.74) is 5.67. The lowest BCUT2D eigenvalue weighted by Crippen LogP contribution is -1.93. The van der Waals surface area contributed by atoms with Crippen molar-refractivity contribution in [3.8, 4) is 6.07 Å². The van der Waals surface area contributed by atoms with Crippen molar-refractivity contribution in [3.05, 3.63) is 22.8 Å². The molecule has 0 saturated carbocycles. The smallest absolute Gasteiger partial charge is 0.143 e. The monoisotopic (exact) mass is 153 g/mol. The lowest BCUT2D eigenvalue weighted by Gasteiger charge is -1.93. The van der Waals surface area contributed by atoms with Gasteiger partial charge >= 0.3 is 0 Å². The molecule has 1 aromatic rings. The van der Waals surface area contributed by atoms with Crippen molar-refractivity contribution in [3.63, 3.8) is 0 Å². The number of rotatable bonds is 0. The molecule has 0 fully saturated rings. The first-order chi connectivity index (χ1) is 4.74.